The van der Waals surface area contributed by atoms with Crippen molar-refractivity contribution in [2.24, 2.45) is 0 Å². The van der Waals surface area contributed by atoms with E-state index in [4.69, 9.17) is 0 Å². The maximum Gasteiger partial charge on any atom is 0.330 e. The molecule has 0 unspecified atom stereocenters. The van der Waals surface area contributed by atoms with Crippen LogP contribution in [0.5, 0.6) is 0 Å². The molecule has 1 aromatic carbocycles. The number of nitrogens with one attached hydrogen (secondary N) is 2. The minimum atomic E-state index is -0.438. The average molecular weight is 396 g/mol. The maximum atomic E-state index is 11.9. The van der Waals surface area contributed by atoms with Gasteiger partial charge in [-0.1, -0.05) is 25.1 Å². The van der Waals surface area contributed by atoms with Gasteiger partial charge in [0.25, 0.3) is 5.56 Å². The van der Waals surface area contributed by atoms with E-state index >= 15 is 0 Å². The number of hydrogen-bond donors (Lipinski definition) is 2. The summed E-state index contributed by atoms with van der Waals surface area (Å²) in [5.74, 6) is 0.593. The number of halogens is 1. The number of aromatic nitrogens is 4. The number of aryl methyl sites for hydroxylation is 1. The van der Waals surface area contributed by atoms with Crippen molar-refractivity contribution >= 4 is 33.8 Å². The fourth-order valence-corrected chi connectivity index (χ4v) is 2.90. The molecule has 2 heterocycles. The second-order valence-corrected chi connectivity index (χ2v) is 5.84. The summed E-state index contributed by atoms with van der Waals surface area (Å²) >= 11 is 2.21. The Morgan fingerprint density at radius 2 is 2.00 bits per heavy atom. The summed E-state index contributed by atoms with van der Waals surface area (Å²) in [7, 11) is 0. The van der Waals surface area contributed by atoms with Gasteiger partial charge < -0.3 is 4.98 Å². The van der Waals surface area contributed by atoms with E-state index in [1.54, 1.807) is 0 Å². The molecular weight excluding hydrogens is 383 g/mol. The van der Waals surface area contributed by atoms with Gasteiger partial charge in [0.05, 0.1) is 0 Å². The Morgan fingerprint density at radius 1 is 1.24 bits per heavy atom. The third-order valence-corrected chi connectivity index (χ3v) is 4.15. The predicted molar refractivity (Wildman–Crippen MR) is 89.4 cm³/mol. The van der Waals surface area contributed by atoms with Gasteiger partial charge in [-0.3, -0.25) is 14.3 Å². The van der Waals surface area contributed by atoms with Gasteiger partial charge in [0.2, 0.25) is 0 Å². The van der Waals surface area contributed by atoms with E-state index in [0.717, 1.165) is 15.6 Å². The third kappa shape index (κ3) is 2.41. The molecule has 0 bridgehead atoms. The molecule has 108 valence electrons. The number of hydrogen-bond acceptors (Lipinski definition) is 3. The Hall–Kier alpha value is -1.90. The van der Waals surface area contributed by atoms with Crippen molar-refractivity contribution in [3.8, 4) is 11.4 Å². The fourth-order valence-electron chi connectivity index (χ4n) is 2.25. The second kappa shape index (κ2) is 5.47. The Bertz CT molecular complexity index is 923. The van der Waals surface area contributed by atoms with Crippen molar-refractivity contribution in [2.75, 3.05) is 0 Å². The number of H-pyrrole nitrogens is 2. The van der Waals surface area contributed by atoms with E-state index in [2.05, 4.69) is 37.5 Å². The van der Waals surface area contributed by atoms with E-state index in [0.29, 0.717) is 23.5 Å². The molecule has 3 aromatic rings. The highest BCUT2D eigenvalue weighted by molar-refractivity contribution is 14.1. The van der Waals surface area contributed by atoms with Crippen LogP contribution < -0.4 is 11.2 Å². The van der Waals surface area contributed by atoms with Gasteiger partial charge >= 0.3 is 5.69 Å². The Balaban J connectivity index is 2.32. The molecule has 0 aliphatic rings. The van der Waals surface area contributed by atoms with Gasteiger partial charge in [-0.25, -0.2) is 9.78 Å². The number of rotatable bonds is 3. The number of nitrogens with zero attached hydrogens (tertiary/aromatic N) is 2. The van der Waals surface area contributed by atoms with Crippen molar-refractivity contribution in [2.45, 2.75) is 19.9 Å². The topological polar surface area (TPSA) is 83.5 Å². The Kier molecular flexibility index (Phi) is 3.66. The first kappa shape index (κ1) is 14.1. The molecule has 21 heavy (non-hydrogen) atoms. The molecular formula is C14H13IN4O2. The predicted octanol–water partition coefficient (Wildman–Crippen LogP) is 2.09. The van der Waals surface area contributed by atoms with Crippen LogP contribution in [0.15, 0.2) is 33.9 Å². The number of aromatic amines is 2. The van der Waals surface area contributed by atoms with Crippen LogP contribution in [-0.4, -0.2) is 19.5 Å². The van der Waals surface area contributed by atoms with Crippen LogP contribution in [-0.2, 0) is 6.54 Å². The van der Waals surface area contributed by atoms with E-state index in [1.165, 1.54) is 4.57 Å². The largest absolute Gasteiger partial charge is 0.332 e. The molecule has 0 atom stereocenters. The molecule has 0 aliphatic carbocycles. The zero-order valence-electron chi connectivity index (χ0n) is 11.3. The lowest BCUT2D eigenvalue weighted by Crippen LogP contribution is -2.30. The molecule has 7 heteroatoms. The zero-order chi connectivity index (χ0) is 15.0. The number of fused-ring (bicyclic) bond motifs is 1. The summed E-state index contributed by atoms with van der Waals surface area (Å²) < 4.78 is 2.52. The lowest BCUT2D eigenvalue weighted by molar-refractivity contribution is 0.653. The van der Waals surface area contributed by atoms with Crippen LogP contribution in [0.3, 0.4) is 0 Å². The first-order valence-electron chi connectivity index (χ1n) is 6.59. The highest BCUT2D eigenvalue weighted by Gasteiger charge is 2.14. The zero-order valence-corrected chi connectivity index (χ0v) is 13.5. The molecule has 3 rings (SSSR count). The van der Waals surface area contributed by atoms with E-state index in [1.807, 2.05) is 31.2 Å². The van der Waals surface area contributed by atoms with E-state index in [9.17, 15) is 9.59 Å². The smallest absolute Gasteiger partial charge is 0.330 e. The van der Waals surface area contributed by atoms with Crippen LogP contribution in [0, 0.1) is 3.57 Å². The molecule has 0 spiro atoms. The molecule has 2 aromatic heterocycles. The molecule has 2 N–H and O–H groups in total. The van der Waals surface area contributed by atoms with Crippen molar-refractivity contribution in [1.82, 2.24) is 19.5 Å². The summed E-state index contributed by atoms with van der Waals surface area (Å²) in [6.07, 6.45) is 0.784. The van der Waals surface area contributed by atoms with E-state index < -0.39 is 11.2 Å². The highest BCUT2D eigenvalue weighted by atomic mass is 127. The first-order chi connectivity index (χ1) is 10.1. The maximum absolute atomic E-state index is 11.9. The summed E-state index contributed by atoms with van der Waals surface area (Å²) in [4.78, 5) is 33.7. The van der Waals surface area contributed by atoms with Crippen LogP contribution in [0.2, 0.25) is 0 Å². The van der Waals surface area contributed by atoms with Crippen molar-refractivity contribution in [1.29, 1.82) is 0 Å². The number of imidazole rings is 1. The molecule has 0 radical (unpaired) electrons. The van der Waals surface area contributed by atoms with E-state index in [-0.39, 0.29) is 0 Å². The van der Waals surface area contributed by atoms with Crippen molar-refractivity contribution in [3.63, 3.8) is 0 Å². The number of benzene rings is 1. The summed E-state index contributed by atoms with van der Waals surface area (Å²) in [5.41, 5.74) is 0.782. The Morgan fingerprint density at radius 3 is 2.71 bits per heavy atom. The third-order valence-electron chi connectivity index (χ3n) is 3.21. The molecule has 0 saturated heterocycles. The standard InChI is InChI=1S/C14H13IN4O2/c1-2-7-19-12-10(13(20)18-14(19)21)16-11(17-12)8-5-3-4-6-9(8)15/h3-6H,2,7H2,1H3,(H,16,17)(H,18,20,21). The highest BCUT2D eigenvalue weighted by Crippen LogP contribution is 2.23. The van der Waals surface area contributed by atoms with Crippen LogP contribution >= 0.6 is 22.6 Å². The van der Waals surface area contributed by atoms with Crippen molar-refractivity contribution in [3.05, 3.63) is 48.7 Å². The minimum absolute atomic E-state index is 0.331. The van der Waals surface area contributed by atoms with Gasteiger partial charge in [-0.2, -0.15) is 0 Å². The summed E-state index contributed by atoms with van der Waals surface area (Å²) in [5, 5.41) is 0. The van der Waals surface area contributed by atoms with Crippen LogP contribution in [0.4, 0.5) is 0 Å². The van der Waals surface area contributed by atoms with Gasteiger partial charge in [0, 0.05) is 15.7 Å². The average Bonchev–Trinajstić information content (AvgIpc) is 2.89. The molecule has 0 saturated carbocycles. The monoisotopic (exact) mass is 396 g/mol. The summed E-state index contributed by atoms with van der Waals surface area (Å²) in [6.45, 7) is 2.49. The van der Waals surface area contributed by atoms with Gasteiger partial charge in [0.15, 0.2) is 5.65 Å². The normalized spacial score (nSPS) is 11.1. The van der Waals surface area contributed by atoms with Gasteiger partial charge in [-0.15, -0.1) is 0 Å². The minimum Gasteiger partial charge on any atom is -0.332 e. The first-order valence-corrected chi connectivity index (χ1v) is 7.67. The SMILES string of the molecule is CCCn1c(=O)[nH]c(=O)c2[nH]c(-c3ccccc3I)nc21. The van der Waals surface area contributed by atoms with Crippen LogP contribution in [0.25, 0.3) is 22.6 Å². The lowest BCUT2D eigenvalue weighted by atomic mass is 10.2. The summed E-state index contributed by atoms with van der Waals surface area (Å²) in [6, 6.07) is 7.74. The quantitative estimate of drug-likeness (QED) is 0.666. The van der Waals surface area contributed by atoms with Gasteiger partial charge in [-0.05, 0) is 35.1 Å². The molecule has 0 amide bonds. The fraction of sp³-hybridized carbons (Fsp3) is 0.214. The van der Waals surface area contributed by atoms with Crippen molar-refractivity contribution < 1.29 is 0 Å². The van der Waals surface area contributed by atoms with Crippen LogP contribution in [0.1, 0.15) is 13.3 Å². The lowest BCUT2D eigenvalue weighted by Gasteiger charge is -2.02. The molecule has 6 nitrogen and oxygen atoms in total. The Labute approximate surface area is 133 Å². The molecule has 0 fully saturated rings. The van der Waals surface area contributed by atoms with Gasteiger partial charge in [0.1, 0.15) is 11.3 Å². The second-order valence-electron chi connectivity index (χ2n) is 4.67. The molecule has 0 aliphatic heterocycles.